The fraction of sp³-hybridized carbons (Fsp3) is 0.0833. The first kappa shape index (κ1) is 7.56. The first-order valence-corrected chi connectivity index (χ1v) is 4.68. The van der Waals surface area contributed by atoms with Gasteiger partial charge in [0.2, 0.25) is 0 Å². The van der Waals surface area contributed by atoms with Gasteiger partial charge in [-0.15, -0.1) is 0 Å². The van der Waals surface area contributed by atoms with E-state index in [1.165, 1.54) is 21.9 Å². The molecule has 0 bridgehead atoms. The molecule has 14 heavy (non-hydrogen) atoms. The Labute approximate surface area is 82.0 Å². The topological polar surface area (TPSA) is 38.4 Å². The smallest absolute Gasteiger partial charge is 0.0723 e. The fourth-order valence-electron chi connectivity index (χ4n) is 2.20. The summed E-state index contributed by atoms with van der Waals surface area (Å²) >= 11 is 0. The minimum absolute atomic E-state index is 0.868. The minimum atomic E-state index is 0.868. The van der Waals surface area contributed by atoms with Crippen LogP contribution in [0.5, 0.6) is 0 Å². The van der Waals surface area contributed by atoms with E-state index in [9.17, 15) is 0 Å². The summed E-state index contributed by atoms with van der Waals surface area (Å²) in [6.45, 7) is 0. The number of hydrazone groups is 1. The lowest BCUT2D eigenvalue weighted by atomic mass is 10.1. The zero-order chi connectivity index (χ0) is 9.54. The molecule has 0 saturated heterocycles. The van der Waals surface area contributed by atoms with Crippen LogP contribution < -0.4 is 5.84 Å². The standard InChI is InChI=1S/C12H10N2/c13-14-11-7-9-5-1-3-8-4-2-6-10(11)12(8)9/h1-6H,7,13H2. The van der Waals surface area contributed by atoms with Gasteiger partial charge in [-0.05, 0) is 16.3 Å². The predicted octanol–water partition coefficient (Wildman–Crippen LogP) is 2.06. The predicted molar refractivity (Wildman–Crippen MR) is 58.4 cm³/mol. The summed E-state index contributed by atoms with van der Waals surface area (Å²) in [7, 11) is 0. The zero-order valence-electron chi connectivity index (χ0n) is 7.70. The molecule has 2 heteroatoms. The minimum Gasteiger partial charge on any atom is -0.323 e. The molecule has 1 aliphatic carbocycles. The molecule has 1 aliphatic rings. The molecule has 0 radical (unpaired) electrons. The van der Waals surface area contributed by atoms with Crippen molar-refractivity contribution in [2.45, 2.75) is 6.42 Å². The van der Waals surface area contributed by atoms with Gasteiger partial charge in [0.15, 0.2) is 0 Å². The summed E-state index contributed by atoms with van der Waals surface area (Å²) < 4.78 is 0. The van der Waals surface area contributed by atoms with Gasteiger partial charge in [-0.25, -0.2) is 0 Å². The van der Waals surface area contributed by atoms with E-state index in [2.05, 4.69) is 41.5 Å². The van der Waals surface area contributed by atoms with Gasteiger partial charge >= 0.3 is 0 Å². The van der Waals surface area contributed by atoms with Gasteiger partial charge in [-0.3, -0.25) is 0 Å². The van der Waals surface area contributed by atoms with Crippen LogP contribution in [0.3, 0.4) is 0 Å². The van der Waals surface area contributed by atoms with Crippen LogP contribution in [-0.4, -0.2) is 5.71 Å². The van der Waals surface area contributed by atoms with Gasteiger partial charge < -0.3 is 5.84 Å². The van der Waals surface area contributed by atoms with Gasteiger partial charge in [-0.2, -0.15) is 5.10 Å². The number of hydrogen-bond acceptors (Lipinski definition) is 2. The number of hydrogen-bond donors (Lipinski definition) is 1. The average molecular weight is 182 g/mol. The molecule has 0 unspecified atom stereocenters. The van der Waals surface area contributed by atoms with E-state index in [0.29, 0.717) is 0 Å². The fourth-order valence-corrected chi connectivity index (χ4v) is 2.20. The van der Waals surface area contributed by atoms with Gasteiger partial charge in [0.25, 0.3) is 0 Å². The molecular formula is C12H10N2. The molecule has 0 spiro atoms. The van der Waals surface area contributed by atoms with Gasteiger partial charge in [0, 0.05) is 12.0 Å². The van der Waals surface area contributed by atoms with E-state index in [1.54, 1.807) is 0 Å². The highest BCUT2D eigenvalue weighted by molar-refractivity contribution is 6.17. The second kappa shape index (κ2) is 2.58. The molecule has 0 fully saturated rings. The van der Waals surface area contributed by atoms with E-state index in [0.717, 1.165) is 12.1 Å². The third-order valence-electron chi connectivity index (χ3n) is 2.82. The zero-order valence-corrected chi connectivity index (χ0v) is 7.70. The number of rotatable bonds is 0. The van der Waals surface area contributed by atoms with Gasteiger partial charge in [0.1, 0.15) is 0 Å². The molecule has 2 N–H and O–H groups in total. The Hall–Kier alpha value is -1.83. The van der Waals surface area contributed by atoms with Crippen LogP contribution in [0.4, 0.5) is 0 Å². The third-order valence-corrected chi connectivity index (χ3v) is 2.82. The van der Waals surface area contributed by atoms with E-state index < -0.39 is 0 Å². The van der Waals surface area contributed by atoms with Crippen LogP contribution in [0.15, 0.2) is 41.5 Å². The molecule has 2 nitrogen and oxygen atoms in total. The Morgan fingerprint density at radius 2 is 1.86 bits per heavy atom. The molecule has 0 saturated carbocycles. The van der Waals surface area contributed by atoms with Crippen LogP contribution in [0.1, 0.15) is 11.1 Å². The monoisotopic (exact) mass is 182 g/mol. The molecule has 3 rings (SSSR count). The Kier molecular flexibility index (Phi) is 1.39. The lowest BCUT2D eigenvalue weighted by Crippen LogP contribution is -2.01. The Balaban J connectivity index is 2.50. The first-order valence-electron chi connectivity index (χ1n) is 4.68. The van der Waals surface area contributed by atoms with Crippen molar-refractivity contribution in [2.75, 3.05) is 0 Å². The second-order valence-electron chi connectivity index (χ2n) is 3.57. The quantitative estimate of drug-likeness (QED) is 0.491. The van der Waals surface area contributed by atoms with Crippen molar-refractivity contribution in [3.63, 3.8) is 0 Å². The molecule has 2 aromatic carbocycles. The highest BCUT2D eigenvalue weighted by atomic mass is 15.1. The van der Waals surface area contributed by atoms with Gasteiger partial charge in [-0.1, -0.05) is 36.4 Å². The SMILES string of the molecule is NN=C1Cc2cccc3cccc1c23. The highest BCUT2D eigenvalue weighted by Crippen LogP contribution is 2.30. The Bertz CT molecular complexity index is 536. The van der Waals surface area contributed by atoms with Crippen molar-refractivity contribution in [2.24, 2.45) is 10.9 Å². The van der Waals surface area contributed by atoms with Crippen LogP contribution >= 0.6 is 0 Å². The third kappa shape index (κ3) is 0.826. The molecule has 0 amide bonds. The van der Waals surface area contributed by atoms with E-state index in [4.69, 9.17) is 5.84 Å². The summed E-state index contributed by atoms with van der Waals surface area (Å²) in [4.78, 5) is 0. The number of nitrogens with zero attached hydrogens (tertiary/aromatic N) is 1. The lowest BCUT2D eigenvalue weighted by Gasteiger charge is -1.99. The summed E-state index contributed by atoms with van der Waals surface area (Å²) in [5.41, 5.74) is 3.53. The first-order chi connectivity index (χ1) is 6.90. The molecular weight excluding hydrogens is 172 g/mol. The summed E-state index contributed by atoms with van der Waals surface area (Å²) in [5.74, 6) is 5.38. The van der Waals surface area contributed by atoms with Crippen molar-refractivity contribution in [1.29, 1.82) is 0 Å². The Morgan fingerprint density at radius 1 is 1.07 bits per heavy atom. The Morgan fingerprint density at radius 3 is 2.64 bits per heavy atom. The second-order valence-corrected chi connectivity index (χ2v) is 3.57. The summed E-state index contributed by atoms with van der Waals surface area (Å²) in [5, 5.41) is 6.44. The number of benzene rings is 2. The maximum absolute atomic E-state index is 5.38. The van der Waals surface area contributed by atoms with Gasteiger partial charge in [0.05, 0.1) is 5.71 Å². The van der Waals surface area contributed by atoms with Crippen LogP contribution in [-0.2, 0) is 6.42 Å². The maximum Gasteiger partial charge on any atom is 0.0723 e. The molecule has 0 atom stereocenters. The van der Waals surface area contributed by atoms with Crippen molar-refractivity contribution < 1.29 is 0 Å². The molecule has 2 aromatic rings. The van der Waals surface area contributed by atoms with Crippen LogP contribution in [0.25, 0.3) is 10.8 Å². The average Bonchev–Trinajstić information content (AvgIpc) is 2.60. The van der Waals surface area contributed by atoms with Crippen LogP contribution in [0.2, 0.25) is 0 Å². The normalized spacial score (nSPS) is 16.7. The molecule has 0 aliphatic heterocycles. The summed E-state index contributed by atoms with van der Waals surface area (Å²) in [6.07, 6.45) is 0.868. The van der Waals surface area contributed by atoms with E-state index in [1.807, 2.05) is 0 Å². The summed E-state index contributed by atoms with van der Waals surface area (Å²) in [6, 6.07) is 12.6. The maximum atomic E-state index is 5.38. The lowest BCUT2D eigenvalue weighted by molar-refractivity contribution is 1.21. The van der Waals surface area contributed by atoms with Crippen molar-refractivity contribution in [1.82, 2.24) is 0 Å². The molecule has 0 heterocycles. The van der Waals surface area contributed by atoms with E-state index >= 15 is 0 Å². The highest BCUT2D eigenvalue weighted by Gasteiger charge is 2.18. The van der Waals surface area contributed by atoms with Crippen molar-refractivity contribution in [3.8, 4) is 0 Å². The van der Waals surface area contributed by atoms with Crippen molar-refractivity contribution in [3.05, 3.63) is 47.5 Å². The number of nitrogens with two attached hydrogens (primary N) is 1. The molecule has 0 aromatic heterocycles. The van der Waals surface area contributed by atoms with E-state index in [-0.39, 0.29) is 0 Å². The largest absolute Gasteiger partial charge is 0.323 e. The van der Waals surface area contributed by atoms with Crippen LogP contribution in [0, 0.1) is 0 Å². The molecule has 68 valence electrons. The van der Waals surface area contributed by atoms with Crippen molar-refractivity contribution >= 4 is 16.5 Å².